The van der Waals surface area contributed by atoms with Crippen LogP contribution in [0.5, 0.6) is 5.88 Å². The molecule has 1 unspecified atom stereocenters. The van der Waals surface area contributed by atoms with E-state index in [-0.39, 0.29) is 18.3 Å². The van der Waals surface area contributed by atoms with E-state index >= 15 is 0 Å². The molecule has 3 N–H and O–H groups in total. The second kappa shape index (κ2) is 9.32. The number of nitrogen functional groups attached to an aromatic ring is 1. The average molecular weight is 405 g/mol. The van der Waals surface area contributed by atoms with Crippen LogP contribution in [-0.2, 0) is 17.7 Å². The van der Waals surface area contributed by atoms with E-state index in [1.165, 1.54) is 12.4 Å². The van der Waals surface area contributed by atoms with Crippen LogP contribution in [0.3, 0.4) is 0 Å². The minimum absolute atomic E-state index is 0.0991. The van der Waals surface area contributed by atoms with Crippen LogP contribution in [0.1, 0.15) is 28.0 Å². The molecule has 1 aliphatic heterocycles. The Morgan fingerprint density at radius 2 is 2.03 bits per heavy atom. The molecule has 0 aliphatic carbocycles. The quantitative estimate of drug-likeness (QED) is 0.523. The summed E-state index contributed by atoms with van der Waals surface area (Å²) in [7, 11) is 0. The Labute approximate surface area is 174 Å². The predicted molar refractivity (Wildman–Crippen MR) is 112 cm³/mol. The number of benzene rings is 1. The van der Waals surface area contributed by atoms with E-state index in [0.29, 0.717) is 30.5 Å². The van der Waals surface area contributed by atoms with Crippen LogP contribution in [0.2, 0.25) is 0 Å². The Bertz CT molecular complexity index is 1010. The first-order valence-corrected chi connectivity index (χ1v) is 9.79. The lowest BCUT2D eigenvalue weighted by molar-refractivity contribution is -0.0727. The smallest absolute Gasteiger partial charge is 0.232 e. The van der Waals surface area contributed by atoms with E-state index in [2.05, 4.69) is 20.3 Å². The highest BCUT2D eigenvalue weighted by molar-refractivity contribution is 5.95. The molecular weight excluding hydrogens is 382 g/mol. The highest BCUT2D eigenvalue weighted by atomic mass is 16.5. The number of rotatable bonds is 9. The Balaban J connectivity index is 1.32. The number of carbonyl (C=O) groups is 1. The number of nitrogens with two attached hydrogens (primary N) is 1. The van der Waals surface area contributed by atoms with Gasteiger partial charge in [-0.3, -0.25) is 4.79 Å². The van der Waals surface area contributed by atoms with Gasteiger partial charge in [0.2, 0.25) is 5.88 Å². The van der Waals surface area contributed by atoms with Crippen molar-refractivity contribution in [2.75, 3.05) is 24.3 Å². The first-order valence-electron chi connectivity index (χ1n) is 9.79. The molecular formula is C22H23N5O3. The number of carbonyl (C=O) groups excluding carboxylic acids is 1. The highest BCUT2D eigenvalue weighted by Gasteiger charge is 2.19. The summed E-state index contributed by atoms with van der Waals surface area (Å²) in [6.07, 6.45) is 5.95. The van der Waals surface area contributed by atoms with Crippen molar-refractivity contribution < 1.29 is 14.3 Å². The molecule has 2 aromatic heterocycles. The first-order chi connectivity index (χ1) is 14.7. The fraction of sp³-hybridized carbons (Fsp3) is 0.273. The molecule has 8 nitrogen and oxygen atoms in total. The molecule has 30 heavy (non-hydrogen) atoms. The van der Waals surface area contributed by atoms with Crippen LogP contribution in [0, 0.1) is 0 Å². The largest absolute Gasteiger partial charge is 0.474 e. The fourth-order valence-corrected chi connectivity index (χ4v) is 3.02. The standard InChI is InChI=1S/C22H23N5O3/c23-22-18(5-2-7-24-22)25-11-16-4-1-3-15(9-16)10-20(28)19-12-27-21(13-26-19)30-14-17-6-8-29-17/h1-5,7,9,12-13,17,25H,6,8,10-11,14H2,(H2,23,24). The number of anilines is 2. The molecule has 154 valence electrons. The van der Waals surface area contributed by atoms with Crippen LogP contribution in [0.4, 0.5) is 11.5 Å². The SMILES string of the molecule is Nc1ncccc1NCc1cccc(CC(=O)c2cnc(OCC3CCO3)cn2)c1. The Kier molecular flexibility index (Phi) is 6.14. The summed E-state index contributed by atoms with van der Waals surface area (Å²) in [6, 6.07) is 11.5. The number of nitrogens with one attached hydrogen (secondary N) is 1. The molecule has 1 aliphatic rings. The van der Waals surface area contributed by atoms with Gasteiger partial charge in [0.15, 0.2) is 5.78 Å². The molecule has 0 radical (unpaired) electrons. The summed E-state index contributed by atoms with van der Waals surface area (Å²) in [5.74, 6) is 0.748. The van der Waals surface area contributed by atoms with Gasteiger partial charge in [-0.1, -0.05) is 24.3 Å². The zero-order valence-corrected chi connectivity index (χ0v) is 16.5. The molecule has 4 rings (SSSR count). The monoisotopic (exact) mass is 405 g/mol. The van der Waals surface area contributed by atoms with Gasteiger partial charge in [0.05, 0.1) is 24.2 Å². The van der Waals surface area contributed by atoms with Gasteiger partial charge in [-0.15, -0.1) is 0 Å². The topological polar surface area (TPSA) is 112 Å². The maximum Gasteiger partial charge on any atom is 0.232 e. The van der Waals surface area contributed by atoms with E-state index in [9.17, 15) is 4.79 Å². The van der Waals surface area contributed by atoms with Crippen molar-refractivity contribution in [3.63, 3.8) is 0 Å². The molecule has 0 amide bonds. The number of Topliss-reactive ketones (excluding diaryl/α,β-unsaturated/α-hetero) is 1. The Hall–Kier alpha value is -3.52. The zero-order valence-electron chi connectivity index (χ0n) is 16.5. The summed E-state index contributed by atoms with van der Waals surface area (Å²) in [5.41, 5.74) is 8.89. The van der Waals surface area contributed by atoms with Gasteiger partial charge in [-0.25, -0.2) is 15.0 Å². The maximum absolute atomic E-state index is 12.6. The fourth-order valence-electron chi connectivity index (χ4n) is 3.02. The van der Waals surface area contributed by atoms with Crippen molar-refractivity contribution >= 4 is 17.3 Å². The van der Waals surface area contributed by atoms with Crippen molar-refractivity contribution in [3.05, 3.63) is 71.8 Å². The maximum atomic E-state index is 12.6. The van der Waals surface area contributed by atoms with Crippen LogP contribution in [-0.4, -0.2) is 40.1 Å². The van der Waals surface area contributed by atoms with E-state index in [1.54, 1.807) is 6.20 Å². The number of nitrogens with zero attached hydrogens (tertiary/aromatic N) is 3. The van der Waals surface area contributed by atoms with E-state index < -0.39 is 0 Å². The van der Waals surface area contributed by atoms with Gasteiger partial charge in [0.1, 0.15) is 18.1 Å². The van der Waals surface area contributed by atoms with Gasteiger partial charge in [0, 0.05) is 32.2 Å². The number of pyridine rings is 1. The van der Waals surface area contributed by atoms with E-state index in [4.69, 9.17) is 15.2 Å². The third-order valence-corrected chi connectivity index (χ3v) is 4.80. The minimum Gasteiger partial charge on any atom is -0.474 e. The van der Waals surface area contributed by atoms with E-state index in [0.717, 1.165) is 29.8 Å². The molecule has 1 saturated heterocycles. The lowest BCUT2D eigenvalue weighted by Crippen LogP contribution is -2.32. The van der Waals surface area contributed by atoms with Gasteiger partial charge >= 0.3 is 0 Å². The van der Waals surface area contributed by atoms with Gasteiger partial charge in [-0.05, 0) is 23.3 Å². The molecule has 3 heterocycles. The Morgan fingerprint density at radius 1 is 1.17 bits per heavy atom. The van der Waals surface area contributed by atoms with Crippen LogP contribution in [0.25, 0.3) is 0 Å². The number of ketones is 1. The van der Waals surface area contributed by atoms with Gasteiger partial charge in [-0.2, -0.15) is 0 Å². The third kappa shape index (κ3) is 5.09. The lowest BCUT2D eigenvalue weighted by atomic mass is 10.0. The van der Waals surface area contributed by atoms with Crippen LogP contribution < -0.4 is 15.8 Å². The Morgan fingerprint density at radius 3 is 2.77 bits per heavy atom. The van der Waals surface area contributed by atoms with Crippen molar-refractivity contribution in [1.29, 1.82) is 0 Å². The molecule has 1 fully saturated rings. The summed E-state index contributed by atoms with van der Waals surface area (Å²) < 4.78 is 10.8. The van der Waals surface area contributed by atoms with Crippen LogP contribution in [0.15, 0.2) is 55.0 Å². The van der Waals surface area contributed by atoms with Crippen molar-refractivity contribution in [3.8, 4) is 5.88 Å². The number of ether oxygens (including phenoxy) is 2. The van der Waals surface area contributed by atoms with Crippen molar-refractivity contribution in [2.45, 2.75) is 25.5 Å². The molecule has 1 atom stereocenters. The molecule has 8 heteroatoms. The second-order valence-corrected chi connectivity index (χ2v) is 7.04. The predicted octanol–water partition coefficient (Wildman–Crippen LogP) is 2.66. The zero-order chi connectivity index (χ0) is 20.8. The van der Waals surface area contributed by atoms with Crippen molar-refractivity contribution in [2.24, 2.45) is 0 Å². The summed E-state index contributed by atoms with van der Waals surface area (Å²) in [5, 5.41) is 3.26. The number of hydrogen-bond donors (Lipinski definition) is 2. The second-order valence-electron chi connectivity index (χ2n) is 7.04. The van der Waals surface area contributed by atoms with Crippen LogP contribution >= 0.6 is 0 Å². The minimum atomic E-state index is -0.0991. The molecule has 1 aromatic carbocycles. The molecule has 0 spiro atoms. The summed E-state index contributed by atoms with van der Waals surface area (Å²) >= 11 is 0. The first kappa shape index (κ1) is 19.8. The van der Waals surface area contributed by atoms with Gasteiger partial charge in [0.25, 0.3) is 0 Å². The number of aromatic nitrogens is 3. The molecule has 3 aromatic rings. The third-order valence-electron chi connectivity index (χ3n) is 4.80. The molecule has 0 saturated carbocycles. The van der Waals surface area contributed by atoms with Crippen molar-refractivity contribution in [1.82, 2.24) is 15.0 Å². The molecule has 0 bridgehead atoms. The summed E-state index contributed by atoms with van der Waals surface area (Å²) in [6.45, 7) is 1.81. The summed E-state index contributed by atoms with van der Waals surface area (Å²) in [4.78, 5) is 25.0. The van der Waals surface area contributed by atoms with Gasteiger partial charge < -0.3 is 20.5 Å². The highest BCUT2D eigenvalue weighted by Crippen LogP contribution is 2.17. The average Bonchev–Trinajstić information content (AvgIpc) is 2.73. The number of hydrogen-bond acceptors (Lipinski definition) is 8. The normalized spacial score (nSPS) is 15.3. The lowest BCUT2D eigenvalue weighted by Gasteiger charge is -2.25. The van der Waals surface area contributed by atoms with E-state index in [1.807, 2.05) is 36.4 Å².